The Morgan fingerprint density at radius 2 is 1.79 bits per heavy atom. The molecule has 0 saturated carbocycles. The molecule has 6 heteroatoms. The lowest BCUT2D eigenvalue weighted by Crippen LogP contribution is -2.41. The standard InChI is InChI=1S/C13H19N3O3/c1-8-3-4-10(11(17)5-8)9(2)16(6-12(14)18)7-13(15)19/h3-5,9,17H,6-7H2,1-2H3,(H2,14,18)(H2,15,19). The van der Waals surface area contributed by atoms with E-state index in [1.54, 1.807) is 19.1 Å². The number of amides is 2. The second-order valence-electron chi connectivity index (χ2n) is 4.58. The summed E-state index contributed by atoms with van der Waals surface area (Å²) in [6.45, 7) is 3.43. The van der Waals surface area contributed by atoms with Crippen molar-refractivity contribution < 1.29 is 14.7 Å². The highest BCUT2D eigenvalue weighted by Crippen LogP contribution is 2.28. The average Bonchev–Trinajstić information content (AvgIpc) is 2.26. The number of aryl methyl sites for hydroxylation is 1. The molecule has 1 aromatic carbocycles. The maximum atomic E-state index is 11.0. The zero-order chi connectivity index (χ0) is 14.6. The predicted molar refractivity (Wildman–Crippen MR) is 71.2 cm³/mol. The highest BCUT2D eigenvalue weighted by atomic mass is 16.3. The zero-order valence-corrected chi connectivity index (χ0v) is 11.1. The molecule has 104 valence electrons. The molecule has 0 spiro atoms. The lowest BCUT2D eigenvalue weighted by molar-refractivity contribution is -0.122. The van der Waals surface area contributed by atoms with Gasteiger partial charge in [-0.3, -0.25) is 14.5 Å². The molecule has 1 unspecified atom stereocenters. The van der Waals surface area contributed by atoms with Crippen LogP contribution in [-0.4, -0.2) is 34.9 Å². The topological polar surface area (TPSA) is 110 Å². The van der Waals surface area contributed by atoms with Crippen LogP contribution in [0.5, 0.6) is 5.75 Å². The molecular formula is C13H19N3O3. The average molecular weight is 265 g/mol. The van der Waals surface area contributed by atoms with E-state index in [2.05, 4.69) is 0 Å². The SMILES string of the molecule is Cc1ccc(C(C)N(CC(N)=O)CC(N)=O)c(O)c1. The largest absolute Gasteiger partial charge is 0.508 e. The second-order valence-corrected chi connectivity index (χ2v) is 4.58. The molecule has 1 atom stereocenters. The van der Waals surface area contributed by atoms with E-state index in [0.29, 0.717) is 5.56 Å². The van der Waals surface area contributed by atoms with E-state index in [-0.39, 0.29) is 24.9 Å². The summed E-state index contributed by atoms with van der Waals surface area (Å²) in [4.78, 5) is 23.6. The van der Waals surface area contributed by atoms with Gasteiger partial charge in [0.05, 0.1) is 13.1 Å². The number of hydrogen-bond acceptors (Lipinski definition) is 4. The molecule has 0 heterocycles. The van der Waals surface area contributed by atoms with Crippen molar-refractivity contribution >= 4 is 11.8 Å². The number of nitrogens with two attached hydrogens (primary N) is 2. The van der Waals surface area contributed by atoms with Crippen LogP contribution in [0.25, 0.3) is 0 Å². The van der Waals surface area contributed by atoms with Gasteiger partial charge in [-0.1, -0.05) is 12.1 Å². The van der Waals surface area contributed by atoms with Crippen LogP contribution in [-0.2, 0) is 9.59 Å². The molecule has 1 aromatic rings. The van der Waals surface area contributed by atoms with Crippen molar-refractivity contribution in [2.24, 2.45) is 11.5 Å². The highest BCUT2D eigenvalue weighted by molar-refractivity contribution is 5.79. The Morgan fingerprint density at radius 1 is 1.26 bits per heavy atom. The molecule has 2 amide bonds. The van der Waals surface area contributed by atoms with E-state index in [1.165, 1.54) is 4.90 Å². The van der Waals surface area contributed by atoms with Crippen molar-refractivity contribution in [1.82, 2.24) is 4.90 Å². The number of carbonyl (C=O) groups is 2. The Labute approximate surface area is 112 Å². The minimum atomic E-state index is -0.556. The van der Waals surface area contributed by atoms with E-state index in [0.717, 1.165) is 5.56 Å². The van der Waals surface area contributed by atoms with Crippen molar-refractivity contribution in [3.05, 3.63) is 29.3 Å². The molecule has 0 aliphatic carbocycles. The van der Waals surface area contributed by atoms with E-state index >= 15 is 0 Å². The number of rotatable bonds is 6. The molecular weight excluding hydrogens is 246 g/mol. The Hall–Kier alpha value is -2.08. The number of primary amides is 2. The molecule has 19 heavy (non-hydrogen) atoms. The summed E-state index contributed by atoms with van der Waals surface area (Å²) < 4.78 is 0. The number of phenolic OH excluding ortho intramolecular Hbond substituents is 1. The molecule has 0 radical (unpaired) electrons. The van der Waals surface area contributed by atoms with Crippen molar-refractivity contribution in [3.63, 3.8) is 0 Å². The fourth-order valence-corrected chi connectivity index (χ4v) is 1.93. The van der Waals surface area contributed by atoms with Crippen LogP contribution in [0.3, 0.4) is 0 Å². The normalized spacial score (nSPS) is 12.4. The van der Waals surface area contributed by atoms with Crippen LogP contribution in [0.4, 0.5) is 0 Å². The summed E-state index contributed by atoms with van der Waals surface area (Å²) >= 11 is 0. The van der Waals surface area contributed by atoms with Gasteiger partial charge in [0, 0.05) is 11.6 Å². The van der Waals surface area contributed by atoms with Gasteiger partial charge in [-0.15, -0.1) is 0 Å². The van der Waals surface area contributed by atoms with Gasteiger partial charge in [-0.05, 0) is 25.5 Å². The number of nitrogens with zero attached hydrogens (tertiary/aromatic N) is 1. The Bertz CT molecular complexity index is 472. The monoisotopic (exact) mass is 265 g/mol. The molecule has 0 aliphatic rings. The fraction of sp³-hybridized carbons (Fsp3) is 0.385. The predicted octanol–water partition coefficient (Wildman–Crippen LogP) is 0.0342. The van der Waals surface area contributed by atoms with Crippen molar-refractivity contribution in [3.8, 4) is 5.75 Å². The van der Waals surface area contributed by atoms with Gasteiger partial charge in [-0.25, -0.2) is 0 Å². The summed E-state index contributed by atoms with van der Waals surface area (Å²) in [5.74, 6) is -0.995. The van der Waals surface area contributed by atoms with Gasteiger partial charge < -0.3 is 16.6 Å². The molecule has 0 fully saturated rings. The van der Waals surface area contributed by atoms with Crippen molar-refractivity contribution in [2.75, 3.05) is 13.1 Å². The van der Waals surface area contributed by atoms with Gasteiger partial charge in [-0.2, -0.15) is 0 Å². The third-order valence-corrected chi connectivity index (χ3v) is 2.90. The van der Waals surface area contributed by atoms with E-state index < -0.39 is 11.8 Å². The number of phenols is 1. The third-order valence-electron chi connectivity index (χ3n) is 2.90. The molecule has 5 N–H and O–H groups in total. The second kappa shape index (κ2) is 6.19. The number of carbonyl (C=O) groups excluding carboxylic acids is 2. The minimum absolute atomic E-state index is 0.0998. The Morgan fingerprint density at radius 3 is 2.21 bits per heavy atom. The fourth-order valence-electron chi connectivity index (χ4n) is 1.93. The summed E-state index contributed by atoms with van der Waals surface area (Å²) in [5, 5.41) is 9.92. The molecule has 0 aromatic heterocycles. The van der Waals surface area contributed by atoms with E-state index in [9.17, 15) is 14.7 Å². The Kier molecular flexibility index (Phi) is 4.88. The van der Waals surface area contributed by atoms with Crippen LogP contribution in [0.1, 0.15) is 24.1 Å². The summed E-state index contributed by atoms with van der Waals surface area (Å²) in [5.41, 5.74) is 11.8. The molecule has 1 rings (SSSR count). The highest BCUT2D eigenvalue weighted by Gasteiger charge is 2.21. The van der Waals surface area contributed by atoms with Gasteiger partial charge in [0.2, 0.25) is 11.8 Å². The molecule has 0 saturated heterocycles. The number of aromatic hydroxyl groups is 1. The quantitative estimate of drug-likeness (QED) is 0.674. The maximum Gasteiger partial charge on any atom is 0.231 e. The molecule has 0 aliphatic heterocycles. The first-order valence-electron chi connectivity index (χ1n) is 5.91. The van der Waals surface area contributed by atoms with E-state index in [4.69, 9.17) is 11.5 Å². The van der Waals surface area contributed by atoms with Crippen LogP contribution >= 0.6 is 0 Å². The van der Waals surface area contributed by atoms with Crippen LogP contribution in [0, 0.1) is 6.92 Å². The van der Waals surface area contributed by atoms with Crippen LogP contribution < -0.4 is 11.5 Å². The third kappa shape index (κ3) is 4.26. The first-order chi connectivity index (χ1) is 8.81. The molecule has 0 bridgehead atoms. The first kappa shape index (κ1) is 15.0. The lowest BCUT2D eigenvalue weighted by atomic mass is 10.0. The van der Waals surface area contributed by atoms with E-state index in [1.807, 2.05) is 13.0 Å². The van der Waals surface area contributed by atoms with Crippen LogP contribution in [0.15, 0.2) is 18.2 Å². The zero-order valence-electron chi connectivity index (χ0n) is 11.1. The van der Waals surface area contributed by atoms with Gasteiger partial charge in [0.25, 0.3) is 0 Å². The van der Waals surface area contributed by atoms with Gasteiger partial charge in [0.1, 0.15) is 5.75 Å². The smallest absolute Gasteiger partial charge is 0.231 e. The summed E-state index contributed by atoms with van der Waals surface area (Å²) in [7, 11) is 0. The maximum absolute atomic E-state index is 11.0. The number of hydrogen-bond donors (Lipinski definition) is 3. The Balaban J connectivity index is 3.00. The summed E-state index contributed by atoms with van der Waals surface area (Å²) in [6.07, 6.45) is 0. The lowest BCUT2D eigenvalue weighted by Gasteiger charge is -2.27. The van der Waals surface area contributed by atoms with Crippen molar-refractivity contribution in [1.29, 1.82) is 0 Å². The summed E-state index contributed by atoms with van der Waals surface area (Å²) in [6, 6.07) is 4.88. The van der Waals surface area contributed by atoms with Gasteiger partial charge in [0.15, 0.2) is 0 Å². The van der Waals surface area contributed by atoms with Crippen molar-refractivity contribution in [2.45, 2.75) is 19.9 Å². The minimum Gasteiger partial charge on any atom is -0.508 e. The van der Waals surface area contributed by atoms with Crippen LogP contribution in [0.2, 0.25) is 0 Å². The molecule has 6 nitrogen and oxygen atoms in total. The number of benzene rings is 1. The van der Waals surface area contributed by atoms with Gasteiger partial charge >= 0.3 is 0 Å². The first-order valence-corrected chi connectivity index (χ1v) is 5.91.